The highest BCUT2D eigenvalue weighted by Crippen LogP contribution is 2.19. The number of thiocarbonyl (C=S) groups is 1. The Labute approximate surface area is 161 Å². The van der Waals surface area contributed by atoms with Gasteiger partial charge in [-0.25, -0.2) is 0 Å². The van der Waals surface area contributed by atoms with Crippen LogP contribution in [0.3, 0.4) is 0 Å². The third-order valence-electron chi connectivity index (χ3n) is 4.54. The first-order chi connectivity index (χ1) is 12.8. The van der Waals surface area contributed by atoms with Crippen LogP contribution in [0.15, 0.2) is 54.6 Å². The van der Waals surface area contributed by atoms with Crippen LogP contribution in [-0.4, -0.2) is 49.4 Å². The average Bonchev–Trinajstić information content (AvgIpc) is 2.68. The van der Waals surface area contributed by atoms with E-state index in [0.717, 1.165) is 57.9 Å². The molecule has 5 heteroatoms. The zero-order chi connectivity index (χ0) is 18.0. The second-order valence-electron chi connectivity index (χ2n) is 6.51. The van der Waals surface area contributed by atoms with Crippen molar-refractivity contribution in [2.75, 3.05) is 44.7 Å². The van der Waals surface area contributed by atoms with Crippen LogP contribution in [0.5, 0.6) is 0 Å². The van der Waals surface area contributed by atoms with Gasteiger partial charge in [-0.3, -0.25) is 4.90 Å². The van der Waals surface area contributed by atoms with E-state index in [-0.39, 0.29) is 0 Å². The summed E-state index contributed by atoms with van der Waals surface area (Å²) in [5.74, 6) is 0. The molecule has 0 aliphatic carbocycles. The van der Waals surface area contributed by atoms with Gasteiger partial charge in [0.1, 0.15) is 0 Å². The molecule has 3 rings (SSSR count). The highest BCUT2D eigenvalue weighted by Gasteiger charge is 2.09. The molecule has 4 nitrogen and oxygen atoms in total. The third kappa shape index (κ3) is 6.09. The number of benzene rings is 2. The van der Waals surface area contributed by atoms with Gasteiger partial charge in [-0.15, -0.1) is 0 Å². The van der Waals surface area contributed by atoms with E-state index in [9.17, 15) is 0 Å². The minimum absolute atomic E-state index is 0.687. The maximum Gasteiger partial charge on any atom is 0.170 e. The Bertz CT molecular complexity index is 687. The molecule has 26 heavy (non-hydrogen) atoms. The molecule has 0 atom stereocenters. The summed E-state index contributed by atoms with van der Waals surface area (Å²) in [4.78, 5) is 2.44. The van der Waals surface area contributed by atoms with E-state index in [1.165, 1.54) is 11.1 Å². The van der Waals surface area contributed by atoms with Gasteiger partial charge in [0.25, 0.3) is 0 Å². The fraction of sp³-hybridized carbons (Fsp3) is 0.381. The summed E-state index contributed by atoms with van der Waals surface area (Å²) in [6.07, 6.45) is 1.97. The topological polar surface area (TPSA) is 36.5 Å². The lowest BCUT2D eigenvalue weighted by molar-refractivity contribution is 0.0376. The number of para-hydroxylation sites is 1. The van der Waals surface area contributed by atoms with Gasteiger partial charge in [0, 0.05) is 25.3 Å². The van der Waals surface area contributed by atoms with Crippen molar-refractivity contribution in [2.24, 2.45) is 0 Å². The van der Waals surface area contributed by atoms with Crippen molar-refractivity contribution in [3.05, 3.63) is 65.7 Å². The van der Waals surface area contributed by atoms with Crippen LogP contribution in [0.25, 0.3) is 0 Å². The van der Waals surface area contributed by atoms with Crippen LogP contribution in [0.4, 0.5) is 5.69 Å². The molecule has 1 fully saturated rings. The second-order valence-corrected chi connectivity index (χ2v) is 6.92. The molecule has 138 valence electrons. The summed E-state index contributed by atoms with van der Waals surface area (Å²) in [5.41, 5.74) is 3.62. The normalized spacial score (nSPS) is 14.8. The first-order valence-corrected chi connectivity index (χ1v) is 9.69. The Morgan fingerprint density at radius 3 is 2.54 bits per heavy atom. The Hall–Kier alpha value is -1.95. The Kier molecular flexibility index (Phi) is 7.43. The van der Waals surface area contributed by atoms with Gasteiger partial charge < -0.3 is 15.4 Å². The zero-order valence-corrected chi connectivity index (χ0v) is 15.9. The molecule has 0 unspecified atom stereocenters. The lowest BCUT2D eigenvalue weighted by Crippen LogP contribution is -2.38. The molecule has 2 N–H and O–H groups in total. The van der Waals surface area contributed by atoms with Crippen LogP contribution >= 0.6 is 12.2 Å². The van der Waals surface area contributed by atoms with Crippen LogP contribution in [0.1, 0.15) is 17.5 Å². The minimum atomic E-state index is 0.687. The van der Waals surface area contributed by atoms with Gasteiger partial charge in [-0.1, -0.05) is 48.5 Å². The predicted octanol–water partition coefficient (Wildman–Crippen LogP) is 3.29. The van der Waals surface area contributed by atoms with E-state index >= 15 is 0 Å². The van der Waals surface area contributed by atoms with Crippen molar-refractivity contribution in [1.29, 1.82) is 0 Å². The summed E-state index contributed by atoms with van der Waals surface area (Å²) < 4.78 is 5.38. The van der Waals surface area contributed by atoms with E-state index in [1.54, 1.807) is 0 Å². The standard InChI is InChI=1S/C21H27N3OS/c26-21(22-11-6-12-24-13-15-25-16-14-24)23-20-10-5-4-9-19(20)17-18-7-2-1-3-8-18/h1-5,7-10H,6,11-17H2,(H2,22,23,26). The number of nitrogens with zero attached hydrogens (tertiary/aromatic N) is 1. The summed E-state index contributed by atoms with van der Waals surface area (Å²) in [6.45, 7) is 5.75. The first-order valence-electron chi connectivity index (χ1n) is 9.28. The van der Waals surface area contributed by atoms with Crippen molar-refractivity contribution in [2.45, 2.75) is 12.8 Å². The quantitative estimate of drug-likeness (QED) is 0.579. The number of ether oxygens (including phenoxy) is 1. The molecule has 2 aromatic rings. The highest BCUT2D eigenvalue weighted by molar-refractivity contribution is 7.80. The Balaban J connectivity index is 1.45. The number of hydrogen-bond acceptors (Lipinski definition) is 3. The van der Waals surface area contributed by atoms with Crippen molar-refractivity contribution in [3.63, 3.8) is 0 Å². The molecule has 1 aliphatic rings. The SMILES string of the molecule is S=C(NCCCN1CCOCC1)Nc1ccccc1Cc1ccccc1. The summed E-state index contributed by atoms with van der Waals surface area (Å²) in [5, 5.41) is 7.37. The number of anilines is 1. The Morgan fingerprint density at radius 2 is 1.73 bits per heavy atom. The van der Waals surface area contributed by atoms with Gasteiger partial charge in [0.15, 0.2) is 5.11 Å². The van der Waals surface area contributed by atoms with Gasteiger partial charge in [-0.2, -0.15) is 0 Å². The number of hydrogen-bond donors (Lipinski definition) is 2. The van der Waals surface area contributed by atoms with Gasteiger partial charge >= 0.3 is 0 Å². The fourth-order valence-electron chi connectivity index (χ4n) is 3.11. The lowest BCUT2D eigenvalue weighted by atomic mass is 10.0. The molecule has 0 spiro atoms. The molecule has 2 aromatic carbocycles. The van der Waals surface area contributed by atoms with Gasteiger partial charge in [-0.05, 0) is 48.8 Å². The molecule has 0 aromatic heterocycles. The molecule has 1 heterocycles. The number of morpholine rings is 1. The molecular weight excluding hydrogens is 342 g/mol. The largest absolute Gasteiger partial charge is 0.379 e. The van der Waals surface area contributed by atoms with Gasteiger partial charge in [0.05, 0.1) is 13.2 Å². The molecule has 1 saturated heterocycles. The monoisotopic (exact) mass is 369 g/mol. The van der Waals surface area contributed by atoms with Crippen molar-refractivity contribution in [3.8, 4) is 0 Å². The maximum atomic E-state index is 5.47. The molecular formula is C21H27N3OS. The van der Waals surface area contributed by atoms with Crippen molar-refractivity contribution < 1.29 is 4.74 Å². The minimum Gasteiger partial charge on any atom is -0.379 e. The number of nitrogens with one attached hydrogen (secondary N) is 2. The van der Waals surface area contributed by atoms with Crippen molar-refractivity contribution >= 4 is 23.0 Å². The lowest BCUT2D eigenvalue weighted by Gasteiger charge is -2.26. The van der Waals surface area contributed by atoms with E-state index in [4.69, 9.17) is 17.0 Å². The molecule has 0 bridgehead atoms. The molecule has 0 amide bonds. The van der Waals surface area contributed by atoms with Crippen molar-refractivity contribution in [1.82, 2.24) is 10.2 Å². The third-order valence-corrected chi connectivity index (χ3v) is 4.79. The van der Waals surface area contributed by atoms with Crippen LogP contribution in [-0.2, 0) is 11.2 Å². The van der Waals surface area contributed by atoms with E-state index < -0.39 is 0 Å². The smallest absolute Gasteiger partial charge is 0.170 e. The highest BCUT2D eigenvalue weighted by atomic mass is 32.1. The summed E-state index contributed by atoms with van der Waals surface area (Å²) in [6, 6.07) is 18.8. The zero-order valence-electron chi connectivity index (χ0n) is 15.1. The van der Waals surface area contributed by atoms with E-state index in [0.29, 0.717) is 5.11 Å². The summed E-state index contributed by atoms with van der Waals surface area (Å²) in [7, 11) is 0. The van der Waals surface area contributed by atoms with Crippen LogP contribution in [0, 0.1) is 0 Å². The van der Waals surface area contributed by atoms with Crippen LogP contribution in [0.2, 0.25) is 0 Å². The van der Waals surface area contributed by atoms with Gasteiger partial charge in [0.2, 0.25) is 0 Å². The molecule has 0 saturated carbocycles. The predicted molar refractivity (Wildman–Crippen MR) is 112 cm³/mol. The first kappa shape index (κ1) is 18.8. The summed E-state index contributed by atoms with van der Waals surface area (Å²) >= 11 is 5.47. The van der Waals surface area contributed by atoms with E-state index in [1.807, 2.05) is 12.1 Å². The Morgan fingerprint density at radius 1 is 1.00 bits per heavy atom. The molecule has 0 radical (unpaired) electrons. The van der Waals surface area contributed by atoms with Crippen LogP contribution < -0.4 is 10.6 Å². The number of rotatable bonds is 7. The maximum absolute atomic E-state index is 5.47. The fourth-order valence-corrected chi connectivity index (χ4v) is 3.32. The van der Waals surface area contributed by atoms with E-state index in [2.05, 4.69) is 58.0 Å². The second kappa shape index (κ2) is 10.3. The average molecular weight is 370 g/mol. The molecule has 1 aliphatic heterocycles.